The molecule has 62 valence electrons. The van der Waals surface area contributed by atoms with Crippen molar-refractivity contribution in [1.29, 1.82) is 0 Å². The molecule has 3 aromatic rings. The molecule has 13 heavy (non-hydrogen) atoms. The van der Waals surface area contributed by atoms with Gasteiger partial charge in [0.1, 0.15) is 0 Å². The maximum absolute atomic E-state index is 5.45. The lowest BCUT2D eigenvalue weighted by Crippen LogP contribution is -1.81. The first-order valence-electron chi connectivity index (χ1n) is 3.77. The molecule has 0 aliphatic rings. The van der Waals surface area contributed by atoms with Gasteiger partial charge in [-0.05, 0) is 0 Å². The Kier molecular flexibility index (Phi) is 1.11. The number of hydrogen-bond donors (Lipinski definition) is 0. The molecule has 3 heterocycles. The first-order valence-corrected chi connectivity index (χ1v) is 3.77. The minimum Gasteiger partial charge on any atom is -0.452 e. The normalized spacial score (nSPS) is 11.1. The quantitative estimate of drug-likeness (QED) is 0.509. The smallest absolute Gasteiger partial charge is 0.160 e. The van der Waals surface area contributed by atoms with Gasteiger partial charge in [-0.25, -0.2) is 0 Å². The molecule has 0 spiro atoms. The maximum atomic E-state index is 5.45. The third-order valence-corrected chi connectivity index (χ3v) is 1.81. The van der Waals surface area contributed by atoms with E-state index in [9.17, 15) is 0 Å². The second-order valence-corrected chi connectivity index (χ2v) is 2.59. The van der Waals surface area contributed by atoms with Crippen LogP contribution in [0.3, 0.4) is 0 Å². The van der Waals surface area contributed by atoms with Crippen molar-refractivity contribution in [2.45, 2.75) is 0 Å². The first kappa shape index (κ1) is 6.47. The monoisotopic (exact) mass is 172 g/mol. The van der Waals surface area contributed by atoms with Gasteiger partial charge in [0.2, 0.25) is 0 Å². The topological polar surface area (TPSA) is 64.7 Å². The number of aromatic nitrogens is 4. The van der Waals surface area contributed by atoms with Gasteiger partial charge >= 0.3 is 0 Å². The minimum atomic E-state index is 0.658. The number of hydrogen-bond acceptors (Lipinski definition) is 5. The number of furan rings is 1. The van der Waals surface area contributed by atoms with Crippen molar-refractivity contribution in [2.75, 3.05) is 0 Å². The molecular weight excluding hydrogens is 168 g/mol. The molecule has 0 N–H and O–H groups in total. The maximum Gasteiger partial charge on any atom is 0.160 e. The summed E-state index contributed by atoms with van der Waals surface area (Å²) in [6.07, 6.45) is 3.16. The molecule has 0 aliphatic carbocycles. The lowest BCUT2D eigenvalue weighted by Gasteiger charge is -1.82. The van der Waals surface area contributed by atoms with Crippen LogP contribution in [0.2, 0.25) is 0 Å². The number of nitrogens with zero attached hydrogens (tertiary/aromatic N) is 4. The Labute approximate surface area is 72.4 Å². The summed E-state index contributed by atoms with van der Waals surface area (Å²) in [5.41, 5.74) is 2.69. The van der Waals surface area contributed by atoms with Gasteiger partial charge in [-0.2, -0.15) is 10.2 Å². The van der Waals surface area contributed by atoms with Gasteiger partial charge in [0, 0.05) is 12.1 Å². The Balaban J connectivity index is 2.64. The molecule has 0 aromatic carbocycles. The molecular formula is C8H4N4O. The summed E-state index contributed by atoms with van der Waals surface area (Å²) in [5, 5.41) is 15.4. The minimum absolute atomic E-state index is 0.658. The Morgan fingerprint density at radius 3 is 1.92 bits per heavy atom. The molecule has 0 atom stereocenters. The first-order chi connectivity index (χ1) is 6.45. The highest BCUT2D eigenvalue weighted by atomic mass is 16.3. The second kappa shape index (κ2) is 2.22. The van der Waals surface area contributed by atoms with E-state index in [-0.39, 0.29) is 0 Å². The molecule has 0 saturated carbocycles. The molecule has 3 aromatic heterocycles. The highest BCUT2D eigenvalue weighted by Gasteiger charge is 2.08. The Bertz CT molecular complexity index is 524. The summed E-state index contributed by atoms with van der Waals surface area (Å²) in [6, 6.07) is 3.51. The predicted molar refractivity (Wildman–Crippen MR) is 44.9 cm³/mol. The van der Waals surface area contributed by atoms with E-state index in [4.69, 9.17) is 4.42 Å². The Morgan fingerprint density at radius 2 is 1.38 bits per heavy atom. The van der Waals surface area contributed by atoms with Gasteiger partial charge < -0.3 is 4.42 Å². The van der Waals surface area contributed by atoms with Gasteiger partial charge in [-0.1, -0.05) is 0 Å². The van der Waals surface area contributed by atoms with Crippen LogP contribution >= 0.6 is 0 Å². The summed E-state index contributed by atoms with van der Waals surface area (Å²) in [6.45, 7) is 0. The third-order valence-electron chi connectivity index (χ3n) is 1.81. The van der Waals surface area contributed by atoms with Gasteiger partial charge in [0.05, 0.1) is 12.4 Å². The molecule has 0 unspecified atom stereocenters. The van der Waals surface area contributed by atoms with Crippen LogP contribution < -0.4 is 0 Å². The molecule has 5 nitrogen and oxygen atoms in total. The number of fused-ring (bicyclic) bond motifs is 3. The van der Waals surface area contributed by atoms with Crippen LogP contribution in [0.5, 0.6) is 0 Å². The number of rotatable bonds is 0. The van der Waals surface area contributed by atoms with E-state index < -0.39 is 0 Å². The summed E-state index contributed by atoms with van der Waals surface area (Å²) in [7, 11) is 0. The van der Waals surface area contributed by atoms with Crippen LogP contribution in [0.25, 0.3) is 22.2 Å². The van der Waals surface area contributed by atoms with Gasteiger partial charge in [-0.3, -0.25) is 0 Å². The van der Waals surface area contributed by atoms with E-state index in [1.807, 2.05) is 0 Å². The van der Waals surface area contributed by atoms with E-state index in [1.54, 1.807) is 24.5 Å². The van der Waals surface area contributed by atoms with Crippen molar-refractivity contribution in [1.82, 2.24) is 20.4 Å². The summed E-state index contributed by atoms with van der Waals surface area (Å²) in [5.74, 6) is 0. The van der Waals surface area contributed by atoms with Crippen molar-refractivity contribution in [3.63, 3.8) is 0 Å². The fourth-order valence-corrected chi connectivity index (χ4v) is 1.25. The van der Waals surface area contributed by atoms with Crippen LogP contribution in [-0.2, 0) is 0 Å². The predicted octanol–water partition coefficient (Wildman–Crippen LogP) is 1.17. The van der Waals surface area contributed by atoms with E-state index in [1.165, 1.54) is 0 Å². The summed E-state index contributed by atoms with van der Waals surface area (Å²) < 4.78 is 5.45. The SMILES string of the molecule is c1cc2oc3ccnnc3c2nn1. The fourth-order valence-electron chi connectivity index (χ4n) is 1.25. The summed E-state index contributed by atoms with van der Waals surface area (Å²) >= 11 is 0. The second-order valence-electron chi connectivity index (χ2n) is 2.59. The molecule has 3 rings (SSSR count). The zero-order valence-corrected chi connectivity index (χ0v) is 6.51. The van der Waals surface area contributed by atoms with Gasteiger partial charge in [-0.15, -0.1) is 10.2 Å². The van der Waals surface area contributed by atoms with Crippen molar-refractivity contribution in [3.05, 3.63) is 24.5 Å². The highest BCUT2D eigenvalue weighted by molar-refractivity contribution is 5.98. The zero-order valence-electron chi connectivity index (χ0n) is 6.51. The van der Waals surface area contributed by atoms with E-state index >= 15 is 0 Å². The van der Waals surface area contributed by atoms with Gasteiger partial charge in [0.15, 0.2) is 22.2 Å². The Hall–Kier alpha value is -2.04. The van der Waals surface area contributed by atoms with E-state index in [2.05, 4.69) is 20.4 Å². The highest BCUT2D eigenvalue weighted by Crippen LogP contribution is 2.22. The lowest BCUT2D eigenvalue weighted by molar-refractivity contribution is 0.665. The average molecular weight is 172 g/mol. The standard InChI is InChI=1S/C8H4N4O/c1-3-9-11-7-5(1)13-6-2-4-10-12-8(6)7/h1-4H. The van der Waals surface area contributed by atoms with Crippen LogP contribution in [0, 0.1) is 0 Å². The zero-order chi connectivity index (χ0) is 8.67. The van der Waals surface area contributed by atoms with Crippen molar-refractivity contribution in [2.24, 2.45) is 0 Å². The molecule has 0 aliphatic heterocycles. The Morgan fingerprint density at radius 1 is 0.846 bits per heavy atom. The lowest BCUT2D eigenvalue weighted by atomic mass is 10.4. The molecule has 5 heteroatoms. The third kappa shape index (κ3) is 0.807. The molecule has 0 amide bonds. The molecule has 0 bridgehead atoms. The molecule has 0 radical (unpaired) electrons. The van der Waals surface area contributed by atoms with Crippen molar-refractivity contribution >= 4 is 22.2 Å². The molecule has 0 fully saturated rings. The van der Waals surface area contributed by atoms with Crippen molar-refractivity contribution in [3.8, 4) is 0 Å². The summed E-state index contributed by atoms with van der Waals surface area (Å²) in [4.78, 5) is 0. The van der Waals surface area contributed by atoms with Crippen LogP contribution in [0.1, 0.15) is 0 Å². The van der Waals surface area contributed by atoms with Crippen LogP contribution in [0.4, 0.5) is 0 Å². The average Bonchev–Trinajstić information content (AvgIpc) is 2.56. The van der Waals surface area contributed by atoms with Crippen molar-refractivity contribution < 1.29 is 4.42 Å². The van der Waals surface area contributed by atoms with Gasteiger partial charge in [0.25, 0.3) is 0 Å². The van der Waals surface area contributed by atoms with Crippen LogP contribution in [-0.4, -0.2) is 20.4 Å². The largest absolute Gasteiger partial charge is 0.452 e. The van der Waals surface area contributed by atoms with E-state index in [0.29, 0.717) is 22.2 Å². The fraction of sp³-hybridized carbons (Fsp3) is 0. The van der Waals surface area contributed by atoms with E-state index in [0.717, 1.165) is 0 Å². The van der Waals surface area contributed by atoms with Crippen LogP contribution in [0.15, 0.2) is 28.9 Å². The molecule has 0 saturated heterocycles.